The zero-order valence-electron chi connectivity index (χ0n) is 14.8. The molecule has 1 aromatic rings. The van der Waals surface area contributed by atoms with Gasteiger partial charge >= 0.3 is 0 Å². The normalized spacial score (nSPS) is 26.1. The summed E-state index contributed by atoms with van der Waals surface area (Å²) in [5, 5.41) is 9.66. The summed E-state index contributed by atoms with van der Waals surface area (Å²) in [7, 11) is 0. The number of piperidine rings is 2. The SMILES string of the molecule is O=C([C@@H]1CCc2ccccc2O1)N1CCC(N2CCC(O)CC2)CC1. The lowest BCUT2D eigenvalue weighted by Crippen LogP contribution is -2.52. The number of nitrogens with zero attached hydrogens (tertiary/aromatic N) is 2. The molecule has 0 bridgehead atoms. The van der Waals surface area contributed by atoms with Crippen molar-refractivity contribution in [3.8, 4) is 5.75 Å². The molecule has 5 heteroatoms. The van der Waals surface area contributed by atoms with E-state index in [-0.39, 0.29) is 18.1 Å². The molecule has 3 heterocycles. The number of fused-ring (bicyclic) bond motifs is 1. The van der Waals surface area contributed by atoms with Crippen molar-refractivity contribution in [2.24, 2.45) is 0 Å². The molecule has 2 fully saturated rings. The van der Waals surface area contributed by atoms with Crippen LogP contribution in [0.4, 0.5) is 0 Å². The van der Waals surface area contributed by atoms with E-state index in [0.717, 1.165) is 70.5 Å². The van der Waals surface area contributed by atoms with E-state index in [1.165, 1.54) is 5.56 Å². The summed E-state index contributed by atoms with van der Waals surface area (Å²) in [6.07, 6.45) is 5.08. The van der Waals surface area contributed by atoms with Crippen LogP contribution in [0.15, 0.2) is 24.3 Å². The molecule has 136 valence electrons. The quantitative estimate of drug-likeness (QED) is 0.889. The number of hydrogen-bond donors (Lipinski definition) is 1. The highest BCUT2D eigenvalue weighted by Crippen LogP contribution is 2.29. The third kappa shape index (κ3) is 3.67. The lowest BCUT2D eigenvalue weighted by Gasteiger charge is -2.42. The molecule has 0 unspecified atom stereocenters. The lowest BCUT2D eigenvalue weighted by atomic mass is 9.97. The van der Waals surface area contributed by atoms with Crippen molar-refractivity contribution in [1.82, 2.24) is 9.80 Å². The number of aliphatic hydroxyl groups excluding tert-OH is 1. The summed E-state index contributed by atoms with van der Waals surface area (Å²) in [6, 6.07) is 8.59. The highest BCUT2D eigenvalue weighted by atomic mass is 16.5. The average Bonchev–Trinajstić information content (AvgIpc) is 2.68. The van der Waals surface area contributed by atoms with Crippen LogP contribution in [-0.4, -0.2) is 65.2 Å². The Kier molecular flexibility index (Phi) is 4.95. The van der Waals surface area contributed by atoms with E-state index in [0.29, 0.717) is 6.04 Å². The molecule has 1 N–H and O–H groups in total. The number of benzene rings is 1. The third-order valence-corrected chi connectivity index (χ3v) is 5.98. The maximum absolute atomic E-state index is 12.8. The van der Waals surface area contributed by atoms with Gasteiger partial charge in [-0.25, -0.2) is 0 Å². The number of amides is 1. The van der Waals surface area contributed by atoms with Crippen molar-refractivity contribution in [3.05, 3.63) is 29.8 Å². The summed E-state index contributed by atoms with van der Waals surface area (Å²) in [4.78, 5) is 17.3. The maximum atomic E-state index is 12.8. The standard InChI is InChI=1S/C20H28N2O3/c23-17-9-13-21(14-10-17)16-7-11-22(12-8-16)20(24)19-6-5-15-3-1-2-4-18(15)25-19/h1-4,16-17,19,23H,5-14H2/t19-/m0/s1. The molecule has 3 aliphatic heterocycles. The van der Waals surface area contributed by atoms with Gasteiger partial charge in [-0.05, 0) is 50.2 Å². The van der Waals surface area contributed by atoms with Crippen LogP contribution in [0.3, 0.4) is 0 Å². The Morgan fingerprint density at radius 3 is 2.48 bits per heavy atom. The molecule has 0 radical (unpaired) electrons. The van der Waals surface area contributed by atoms with Gasteiger partial charge in [0.2, 0.25) is 0 Å². The second-order valence-corrected chi connectivity index (χ2v) is 7.58. The van der Waals surface area contributed by atoms with Gasteiger partial charge in [-0.2, -0.15) is 0 Å². The third-order valence-electron chi connectivity index (χ3n) is 5.98. The van der Waals surface area contributed by atoms with Gasteiger partial charge in [-0.15, -0.1) is 0 Å². The van der Waals surface area contributed by atoms with E-state index in [1.54, 1.807) is 0 Å². The van der Waals surface area contributed by atoms with Crippen molar-refractivity contribution in [2.45, 2.75) is 56.8 Å². The van der Waals surface area contributed by atoms with Crippen LogP contribution in [0, 0.1) is 0 Å². The van der Waals surface area contributed by atoms with Crippen LogP contribution in [0.1, 0.15) is 37.7 Å². The minimum Gasteiger partial charge on any atom is -0.480 e. The minimum absolute atomic E-state index is 0.121. The average molecular weight is 344 g/mol. The molecule has 2 saturated heterocycles. The molecule has 0 aliphatic carbocycles. The molecular weight excluding hydrogens is 316 g/mol. The molecular formula is C20H28N2O3. The van der Waals surface area contributed by atoms with Crippen molar-refractivity contribution in [3.63, 3.8) is 0 Å². The first-order valence-electron chi connectivity index (χ1n) is 9.66. The van der Waals surface area contributed by atoms with Crippen molar-refractivity contribution < 1.29 is 14.6 Å². The first kappa shape index (κ1) is 16.9. The van der Waals surface area contributed by atoms with Gasteiger partial charge in [0.15, 0.2) is 6.10 Å². The van der Waals surface area contributed by atoms with Crippen LogP contribution < -0.4 is 4.74 Å². The number of likely N-dealkylation sites (tertiary alicyclic amines) is 2. The highest BCUT2D eigenvalue weighted by molar-refractivity contribution is 5.81. The summed E-state index contributed by atoms with van der Waals surface area (Å²) < 4.78 is 5.97. The Bertz CT molecular complexity index is 605. The van der Waals surface area contributed by atoms with Crippen LogP contribution in [0.25, 0.3) is 0 Å². The summed E-state index contributed by atoms with van der Waals surface area (Å²) in [5.41, 5.74) is 1.21. The number of aliphatic hydroxyl groups is 1. The number of aryl methyl sites for hydroxylation is 1. The number of ether oxygens (including phenoxy) is 1. The summed E-state index contributed by atoms with van der Waals surface area (Å²) in [5.74, 6) is 1.02. The Morgan fingerprint density at radius 2 is 1.72 bits per heavy atom. The molecule has 1 amide bonds. The predicted molar refractivity (Wildman–Crippen MR) is 95.6 cm³/mol. The maximum Gasteiger partial charge on any atom is 0.263 e. The molecule has 1 atom stereocenters. The first-order valence-corrected chi connectivity index (χ1v) is 9.66. The van der Waals surface area contributed by atoms with E-state index >= 15 is 0 Å². The summed E-state index contributed by atoms with van der Waals surface area (Å²) in [6.45, 7) is 3.62. The van der Waals surface area contributed by atoms with E-state index in [1.807, 2.05) is 23.1 Å². The Morgan fingerprint density at radius 1 is 1.00 bits per heavy atom. The Labute approximate surface area is 149 Å². The predicted octanol–water partition coefficient (Wildman–Crippen LogP) is 1.83. The fraction of sp³-hybridized carbons (Fsp3) is 0.650. The molecule has 3 aliphatic rings. The van der Waals surface area contributed by atoms with Crippen LogP contribution in [0.5, 0.6) is 5.75 Å². The molecule has 1 aromatic carbocycles. The number of carbonyl (C=O) groups is 1. The minimum atomic E-state index is -0.323. The number of hydrogen-bond acceptors (Lipinski definition) is 4. The zero-order valence-corrected chi connectivity index (χ0v) is 14.8. The first-order chi connectivity index (χ1) is 12.2. The van der Waals surface area contributed by atoms with Crippen LogP contribution in [-0.2, 0) is 11.2 Å². The highest BCUT2D eigenvalue weighted by Gasteiger charge is 2.34. The molecule has 25 heavy (non-hydrogen) atoms. The van der Waals surface area contributed by atoms with Gasteiger partial charge in [0.1, 0.15) is 5.75 Å². The van der Waals surface area contributed by atoms with Gasteiger partial charge in [-0.1, -0.05) is 18.2 Å². The largest absolute Gasteiger partial charge is 0.480 e. The van der Waals surface area contributed by atoms with Crippen molar-refractivity contribution in [2.75, 3.05) is 26.2 Å². The van der Waals surface area contributed by atoms with Crippen LogP contribution in [0.2, 0.25) is 0 Å². The lowest BCUT2D eigenvalue weighted by molar-refractivity contribution is -0.141. The smallest absolute Gasteiger partial charge is 0.263 e. The van der Waals surface area contributed by atoms with Gasteiger partial charge in [-0.3, -0.25) is 4.79 Å². The van der Waals surface area contributed by atoms with E-state index < -0.39 is 0 Å². The molecule has 0 aromatic heterocycles. The van der Waals surface area contributed by atoms with Crippen LogP contribution >= 0.6 is 0 Å². The topological polar surface area (TPSA) is 53.0 Å². The van der Waals surface area contributed by atoms with Crippen molar-refractivity contribution >= 4 is 5.91 Å². The zero-order chi connectivity index (χ0) is 17.2. The second-order valence-electron chi connectivity index (χ2n) is 7.58. The molecule has 0 spiro atoms. The van der Waals surface area contributed by atoms with E-state index in [9.17, 15) is 9.90 Å². The number of para-hydroxylation sites is 1. The van der Waals surface area contributed by atoms with Gasteiger partial charge in [0.25, 0.3) is 5.91 Å². The molecule has 4 rings (SSSR count). The monoisotopic (exact) mass is 344 g/mol. The molecule has 5 nitrogen and oxygen atoms in total. The van der Waals surface area contributed by atoms with Crippen molar-refractivity contribution in [1.29, 1.82) is 0 Å². The number of rotatable bonds is 2. The van der Waals surface area contributed by atoms with E-state index in [2.05, 4.69) is 11.0 Å². The van der Waals surface area contributed by atoms with Gasteiger partial charge in [0, 0.05) is 32.2 Å². The summed E-state index contributed by atoms with van der Waals surface area (Å²) >= 11 is 0. The van der Waals surface area contributed by atoms with E-state index in [4.69, 9.17) is 4.74 Å². The molecule has 0 saturated carbocycles. The van der Waals surface area contributed by atoms with Gasteiger partial charge in [0.05, 0.1) is 6.10 Å². The second kappa shape index (κ2) is 7.34. The Balaban J connectivity index is 1.30. The Hall–Kier alpha value is -1.59. The fourth-order valence-corrected chi connectivity index (χ4v) is 4.40. The van der Waals surface area contributed by atoms with Gasteiger partial charge < -0.3 is 19.6 Å². The number of carbonyl (C=O) groups excluding carboxylic acids is 1. The fourth-order valence-electron chi connectivity index (χ4n) is 4.40.